The third-order valence-electron chi connectivity index (χ3n) is 4.80. The molecule has 3 rings (SSSR count). The summed E-state index contributed by atoms with van der Waals surface area (Å²) >= 11 is 1.50. The summed E-state index contributed by atoms with van der Waals surface area (Å²) in [4.78, 5) is 17.0. The van der Waals surface area contributed by atoms with Crippen molar-refractivity contribution in [3.8, 4) is 17.6 Å². The molecule has 31 heavy (non-hydrogen) atoms. The Morgan fingerprint density at radius 3 is 2.71 bits per heavy atom. The highest BCUT2D eigenvalue weighted by Gasteiger charge is 2.26. The number of oxazole rings is 1. The predicted molar refractivity (Wildman–Crippen MR) is 119 cm³/mol. The Kier molecular flexibility index (Phi) is 7.42. The Bertz CT molecular complexity index is 1060. The first-order valence-electron chi connectivity index (χ1n) is 9.88. The van der Waals surface area contributed by atoms with E-state index in [4.69, 9.17) is 13.9 Å². The van der Waals surface area contributed by atoms with Crippen molar-refractivity contribution in [3.05, 3.63) is 48.0 Å². The summed E-state index contributed by atoms with van der Waals surface area (Å²) in [6.45, 7) is 1.74. The third kappa shape index (κ3) is 5.92. The molecule has 0 unspecified atom stereocenters. The highest BCUT2D eigenvalue weighted by Crippen LogP contribution is 2.28. The molecule has 0 aliphatic carbocycles. The molecule has 2 aromatic carbocycles. The summed E-state index contributed by atoms with van der Waals surface area (Å²) < 4.78 is 16.2. The van der Waals surface area contributed by atoms with E-state index in [2.05, 4.69) is 16.4 Å². The number of aromatic nitrogens is 1. The van der Waals surface area contributed by atoms with Crippen LogP contribution in [0.1, 0.15) is 25.3 Å². The lowest BCUT2D eigenvalue weighted by atomic mass is 9.97. The summed E-state index contributed by atoms with van der Waals surface area (Å²) in [5, 5.41) is 13.1. The van der Waals surface area contributed by atoms with Crippen LogP contribution in [0.3, 0.4) is 0 Å². The van der Waals surface area contributed by atoms with Gasteiger partial charge in [-0.3, -0.25) is 4.79 Å². The fourth-order valence-corrected chi connectivity index (χ4v) is 3.95. The fourth-order valence-electron chi connectivity index (χ4n) is 3.17. The van der Waals surface area contributed by atoms with Crippen LogP contribution in [0.2, 0.25) is 0 Å². The molecule has 0 spiro atoms. The van der Waals surface area contributed by atoms with Crippen molar-refractivity contribution in [1.82, 2.24) is 10.3 Å². The van der Waals surface area contributed by atoms with Crippen molar-refractivity contribution in [3.63, 3.8) is 0 Å². The van der Waals surface area contributed by atoms with E-state index >= 15 is 0 Å². The van der Waals surface area contributed by atoms with Crippen LogP contribution < -0.4 is 14.8 Å². The number of carbonyl (C=O) groups is 1. The number of thioether (sulfide) groups is 1. The third-order valence-corrected chi connectivity index (χ3v) is 5.71. The number of fused-ring (bicyclic) bond motifs is 1. The van der Waals surface area contributed by atoms with Crippen molar-refractivity contribution >= 4 is 28.8 Å². The molecule has 1 N–H and O–H groups in total. The van der Waals surface area contributed by atoms with E-state index in [0.29, 0.717) is 23.1 Å². The second-order valence-corrected chi connectivity index (χ2v) is 8.30. The van der Waals surface area contributed by atoms with Gasteiger partial charge in [0.15, 0.2) is 17.1 Å². The average Bonchev–Trinajstić information content (AvgIpc) is 3.19. The fraction of sp³-hybridized carbons (Fsp3) is 0.348. The van der Waals surface area contributed by atoms with Gasteiger partial charge in [0.25, 0.3) is 5.22 Å². The zero-order chi connectivity index (χ0) is 22.3. The Balaban J connectivity index is 1.50. The largest absolute Gasteiger partial charge is 0.493 e. The molecule has 0 aliphatic heterocycles. The van der Waals surface area contributed by atoms with Gasteiger partial charge >= 0.3 is 0 Å². The normalized spacial score (nSPS) is 12.7. The molecule has 1 heterocycles. The molecule has 162 valence electrons. The summed E-state index contributed by atoms with van der Waals surface area (Å²) in [5.41, 5.74) is 1.42. The number of rotatable bonds is 10. The maximum atomic E-state index is 12.5. The lowest BCUT2D eigenvalue weighted by molar-refractivity contribution is -0.121. The van der Waals surface area contributed by atoms with Crippen LogP contribution in [-0.4, -0.2) is 36.4 Å². The van der Waals surface area contributed by atoms with Crippen LogP contribution in [-0.2, 0) is 11.2 Å². The van der Waals surface area contributed by atoms with Crippen molar-refractivity contribution in [1.29, 1.82) is 5.26 Å². The van der Waals surface area contributed by atoms with Gasteiger partial charge in [-0.15, -0.1) is 0 Å². The van der Waals surface area contributed by atoms with Gasteiger partial charge in [-0.25, -0.2) is 4.98 Å². The molecular weight excluding hydrogens is 414 g/mol. The Labute approximate surface area is 185 Å². The first-order chi connectivity index (χ1) is 15.0. The van der Waals surface area contributed by atoms with Gasteiger partial charge in [0, 0.05) is 5.75 Å². The number of methoxy groups -OCH3 is 2. The minimum atomic E-state index is -0.949. The molecule has 1 aromatic heterocycles. The smallest absolute Gasteiger partial charge is 0.256 e. The Morgan fingerprint density at radius 1 is 1.23 bits per heavy atom. The number of benzene rings is 2. The topological polar surface area (TPSA) is 97.4 Å². The second kappa shape index (κ2) is 10.2. The number of hydrogen-bond acceptors (Lipinski definition) is 7. The molecule has 0 saturated carbocycles. The molecule has 0 bridgehead atoms. The summed E-state index contributed by atoms with van der Waals surface area (Å²) in [6, 6.07) is 15.2. The molecule has 0 aliphatic rings. The number of carbonyl (C=O) groups excluding carboxylic acids is 1. The number of nitrogens with zero attached hydrogens (tertiary/aromatic N) is 2. The van der Waals surface area contributed by atoms with Crippen LogP contribution in [0.25, 0.3) is 11.1 Å². The van der Waals surface area contributed by atoms with E-state index in [-0.39, 0.29) is 12.3 Å². The number of para-hydroxylation sites is 2. The van der Waals surface area contributed by atoms with Crippen molar-refractivity contribution in [2.24, 2.45) is 0 Å². The van der Waals surface area contributed by atoms with Crippen LogP contribution in [0.15, 0.2) is 52.1 Å². The maximum Gasteiger partial charge on any atom is 0.256 e. The van der Waals surface area contributed by atoms with Crippen LogP contribution >= 0.6 is 11.8 Å². The van der Waals surface area contributed by atoms with Gasteiger partial charge in [0.2, 0.25) is 5.91 Å². The number of nitrogens with one attached hydrogen (secondary N) is 1. The van der Waals surface area contributed by atoms with Gasteiger partial charge in [-0.2, -0.15) is 5.26 Å². The maximum absolute atomic E-state index is 12.5. The lowest BCUT2D eigenvalue weighted by Gasteiger charge is -2.23. The number of hydrogen-bond donors (Lipinski definition) is 1. The molecule has 1 amide bonds. The Hall–Kier alpha value is -3.18. The number of amides is 1. The minimum Gasteiger partial charge on any atom is -0.493 e. The zero-order valence-corrected chi connectivity index (χ0v) is 18.6. The number of ether oxygens (including phenoxy) is 2. The first-order valence-corrected chi connectivity index (χ1v) is 10.9. The van der Waals surface area contributed by atoms with E-state index in [1.54, 1.807) is 33.3 Å². The summed E-state index contributed by atoms with van der Waals surface area (Å²) in [6.07, 6.45) is 1.40. The van der Waals surface area contributed by atoms with Crippen molar-refractivity contribution < 1.29 is 18.7 Å². The average molecular weight is 440 g/mol. The quantitative estimate of drug-likeness (QED) is 0.370. The second-order valence-electron chi connectivity index (χ2n) is 7.26. The predicted octanol–water partition coefficient (Wildman–Crippen LogP) is 4.36. The van der Waals surface area contributed by atoms with Crippen molar-refractivity contribution in [2.45, 2.75) is 36.9 Å². The first kappa shape index (κ1) is 22.5. The molecule has 0 radical (unpaired) electrons. The van der Waals surface area contributed by atoms with E-state index in [9.17, 15) is 10.1 Å². The molecule has 0 fully saturated rings. The molecule has 0 saturated heterocycles. The molecule has 8 heteroatoms. The van der Waals surface area contributed by atoms with E-state index in [1.165, 1.54) is 11.8 Å². The van der Waals surface area contributed by atoms with Crippen LogP contribution in [0.4, 0.5) is 0 Å². The SMILES string of the molecule is COc1ccc(CC(=O)N[C@](C)(C#N)CCCSc2nc3ccccc3o2)cc1OC. The summed E-state index contributed by atoms with van der Waals surface area (Å²) in [7, 11) is 3.11. The molecule has 7 nitrogen and oxygen atoms in total. The monoisotopic (exact) mass is 439 g/mol. The lowest BCUT2D eigenvalue weighted by Crippen LogP contribution is -2.45. The van der Waals surface area contributed by atoms with Gasteiger partial charge < -0.3 is 19.2 Å². The van der Waals surface area contributed by atoms with E-state index in [0.717, 1.165) is 28.8 Å². The molecule has 1 atom stereocenters. The van der Waals surface area contributed by atoms with Crippen LogP contribution in [0.5, 0.6) is 11.5 Å². The van der Waals surface area contributed by atoms with Crippen molar-refractivity contribution in [2.75, 3.05) is 20.0 Å². The van der Waals surface area contributed by atoms with Gasteiger partial charge in [0.1, 0.15) is 11.1 Å². The summed E-state index contributed by atoms with van der Waals surface area (Å²) in [5.74, 6) is 1.68. The molecular formula is C23H25N3O4S. The van der Waals surface area contributed by atoms with Crippen LogP contribution in [0, 0.1) is 11.3 Å². The number of nitriles is 1. The van der Waals surface area contributed by atoms with E-state index in [1.807, 2.05) is 30.3 Å². The minimum absolute atomic E-state index is 0.148. The van der Waals surface area contributed by atoms with Gasteiger partial charge in [-0.1, -0.05) is 30.0 Å². The highest BCUT2D eigenvalue weighted by atomic mass is 32.2. The van der Waals surface area contributed by atoms with Gasteiger partial charge in [-0.05, 0) is 49.6 Å². The Morgan fingerprint density at radius 2 is 2.00 bits per heavy atom. The highest BCUT2D eigenvalue weighted by molar-refractivity contribution is 7.99. The van der Waals surface area contributed by atoms with E-state index < -0.39 is 5.54 Å². The molecule has 3 aromatic rings. The van der Waals surface area contributed by atoms with Gasteiger partial charge in [0.05, 0.1) is 26.7 Å². The zero-order valence-electron chi connectivity index (χ0n) is 17.8. The standard InChI is InChI=1S/C23H25N3O4S/c1-23(15-24,11-6-12-31-22-25-17-7-4-5-8-18(17)30-22)26-21(27)14-16-9-10-19(28-2)20(13-16)29-3/h4-5,7-10,13H,6,11-12,14H2,1-3H3,(H,26,27)/t23-/m0/s1.